The van der Waals surface area contributed by atoms with Crippen LogP contribution < -0.4 is 10.2 Å². The van der Waals surface area contributed by atoms with Gasteiger partial charge in [0.25, 0.3) is 0 Å². The summed E-state index contributed by atoms with van der Waals surface area (Å²) in [5.74, 6) is 0.173. The molecule has 0 aromatic heterocycles. The summed E-state index contributed by atoms with van der Waals surface area (Å²) in [5.41, 5.74) is 4.48. The van der Waals surface area contributed by atoms with Crippen molar-refractivity contribution < 1.29 is 9.59 Å². The molecule has 0 bridgehead atoms. The largest absolute Gasteiger partial charge is 0.340 e. The van der Waals surface area contributed by atoms with Gasteiger partial charge in [-0.3, -0.25) is 14.6 Å². The molecule has 29 heavy (non-hydrogen) atoms. The van der Waals surface area contributed by atoms with E-state index in [2.05, 4.69) is 41.4 Å². The predicted octanol–water partition coefficient (Wildman–Crippen LogP) is 2.41. The fraction of sp³-hybridized carbons (Fsp3) is 0.391. The first-order chi connectivity index (χ1) is 14.1. The Kier molecular flexibility index (Phi) is 5.81. The molecule has 0 unspecified atom stereocenters. The molecule has 3 amide bonds. The average Bonchev–Trinajstić information content (AvgIpc) is 3.15. The van der Waals surface area contributed by atoms with Crippen LogP contribution in [0.4, 0.5) is 10.5 Å². The van der Waals surface area contributed by atoms with Crippen LogP contribution in [0.2, 0.25) is 0 Å². The molecule has 2 saturated heterocycles. The third-order valence-corrected chi connectivity index (χ3v) is 5.67. The van der Waals surface area contributed by atoms with Crippen molar-refractivity contribution in [2.24, 2.45) is 0 Å². The van der Waals surface area contributed by atoms with Gasteiger partial charge in [-0.2, -0.15) is 0 Å². The monoisotopic (exact) mass is 392 g/mol. The third-order valence-electron chi connectivity index (χ3n) is 5.67. The fourth-order valence-electron chi connectivity index (χ4n) is 4.02. The van der Waals surface area contributed by atoms with Gasteiger partial charge in [0.1, 0.15) is 0 Å². The molecule has 2 heterocycles. The van der Waals surface area contributed by atoms with E-state index in [0.717, 1.165) is 44.0 Å². The second kappa shape index (κ2) is 8.66. The van der Waals surface area contributed by atoms with Crippen LogP contribution in [-0.2, 0) is 17.8 Å². The smallest absolute Gasteiger partial charge is 0.321 e. The van der Waals surface area contributed by atoms with Gasteiger partial charge in [-0.25, -0.2) is 4.79 Å². The molecule has 0 saturated carbocycles. The molecular weight excluding hydrogens is 364 g/mol. The third kappa shape index (κ3) is 4.77. The maximum atomic E-state index is 12.7. The number of piperazine rings is 1. The molecule has 2 aromatic rings. The highest BCUT2D eigenvalue weighted by molar-refractivity contribution is 5.94. The summed E-state index contributed by atoms with van der Waals surface area (Å²) in [6.45, 7) is 7.78. The Hall–Kier alpha value is -2.86. The number of amides is 3. The average molecular weight is 393 g/mol. The topological polar surface area (TPSA) is 55.9 Å². The van der Waals surface area contributed by atoms with E-state index < -0.39 is 0 Å². The van der Waals surface area contributed by atoms with Crippen molar-refractivity contribution in [3.63, 3.8) is 0 Å². The van der Waals surface area contributed by atoms with Crippen molar-refractivity contribution in [1.82, 2.24) is 15.1 Å². The van der Waals surface area contributed by atoms with Crippen molar-refractivity contribution in [2.45, 2.75) is 19.9 Å². The summed E-state index contributed by atoms with van der Waals surface area (Å²) in [4.78, 5) is 30.6. The lowest BCUT2D eigenvalue weighted by Crippen LogP contribution is -2.48. The summed E-state index contributed by atoms with van der Waals surface area (Å²) in [5, 5.41) is 2.80. The zero-order chi connectivity index (χ0) is 20.2. The summed E-state index contributed by atoms with van der Waals surface area (Å²) in [6, 6.07) is 16.3. The van der Waals surface area contributed by atoms with Crippen molar-refractivity contribution in [3.8, 4) is 0 Å². The number of carbonyl (C=O) groups is 2. The number of hydrogen-bond donors (Lipinski definition) is 1. The van der Waals surface area contributed by atoms with E-state index >= 15 is 0 Å². The zero-order valence-electron chi connectivity index (χ0n) is 16.9. The number of nitrogens with one attached hydrogen (secondary N) is 1. The number of nitrogens with zero attached hydrogens (tertiary/aromatic N) is 3. The molecule has 1 N–H and O–H groups in total. The van der Waals surface area contributed by atoms with Crippen molar-refractivity contribution in [2.75, 3.05) is 44.2 Å². The van der Waals surface area contributed by atoms with Crippen LogP contribution >= 0.6 is 0 Å². The van der Waals surface area contributed by atoms with Gasteiger partial charge in [0.05, 0.1) is 6.42 Å². The number of benzene rings is 2. The molecular formula is C23H28N4O2. The first kappa shape index (κ1) is 19.5. The minimum Gasteiger partial charge on any atom is -0.340 e. The van der Waals surface area contributed by atoms with E-state index in [0.29, 0.717) is 19.5 Å². The van der Waals surface area contributed by atoms with Crippen LogP contribution in [-0.4, -0.2) is 61.0 Å². The van der Waals surface area contributed by atoms with Crippen molar-refractivity contribution in [1.29, 1.82) is 0 Å². The quantitative estimate of drug-likeness (QED) is 0.850. The van der Waals surface area contributed by atoms with E-state index in [1.54, 1.807) is 4.90 Å². The second-order valence-corrected chi connectivity index (χ2v) is 7.87. The Morgan fingerprint density at radius 3 is 2.38 bits per heavy atom. The van der Waals surface area contributed by atoms with Gasteiger partial charge in [0.15, 0.2) is 0 Å². The summed E-state index contributed by atoms with van der Waals surface area (Å²) in [7, 11) is 0. The van der Waals surface area contributed by atoms with E-state index in [9.17, 15) is 9.59 Å². The lowest BCUT2D eigenvalue weighted by Gasteiger charge is -2.35. The van der Waals surface area contributed by atoms with Crippen LogP contribution in [0.15, 0.2) is 48.5 Å². The lowest BCUT2D eigenvalue weighted by molar-refractivity contribution is -0.132. The highest BCUT2D eigenvalue weighted by Gasteiger charge is 2.23. The van der Waals surface area contributed by atoms with Gasteiger partial charge in [0, 0.05) is 51.5 Å². The van der Waals surface area contributed by atoms with Gasteiger partial charge in [-0.05, 0) is 30.2 Å². The van der Waals surface area contributed by atoms with E-state index in [1.807, 2.05) is 29.2 Å². The van der Waals surface area contributed by atoms with Crippen molar-refractivity contribution >= 4 is 17.6 Å². The SMILES string of the molecule is Cc1cccc(CN2CCN(C(=O)Cc3ccc(N4CCNC4=O)cc3)CC2)c1. The molecule has 0 spiro atoms. The Morgan fingerprint density at radius 1 is 0.966 bits per heavy atom. The van der Waals surface area contributed by atoms with E-state index in [4.69, 9.17) is 0 Å². The number of aryl methyl sites for hydroxylation is 1. The Balaban J connectivity index is 1.27. The molecule has 6 nitrogen and oxygen atoms in total. The number of hydrogen-bond acceptors (Lipinski definition) is 3. The molecule has 2 aliphatic heterocycles. The molecule has 6 heteroatoms. The number of rotatable bonds is 5. The second-order valence-electron chi connectivity index (χ2n) is 7.87. The Bertz CT molecular complexity index is 873. The summed E-state index contributed by atoms with van der Waals surface area (Å²) >= 11 is 0. The Labute approximate surface area is 172 Å². The highest BCUT2D eigenvalue weighted by atomic mass is 16.2. The van der Waals surface area contributed by atoms with Crippen LogP contribution in [0, 0.1) is 6.92 Å². The minimum absolute atomic E-state index is 0.0580. The van der Waals surface area contributed by atoms with Gasteiger partial charge >= 0.3 is 6.03 Å². The maximum Gasteiger partial charge on any atom is 0.321 e. The van der Waals surface area contributed by atoms with Crippen LogP contribution in [0.1, 0.15) is 16.7 Å². The maximum absolute atomic E-state index is 12.7. The van der Waals surface area contributed by atoms with Crippen LogP contribution in [0.3, 0.4) is 0 Å². The first-order valence-corrected chi connectivity index (χ1v) is 10.3. The zero-order valence-corrected chi connectivity index (χ0v) is 16.9. The summed E-state index contributed by atoms with van der Waals surface area (Å²) < 4.78 is 0. The van der Waals surface area contributed by atoms with Gasteiger partial charge in [0.2, 0.25) is 5.91 Å². The molecule has 152 valence electrons. The molecule has 4 rings (SSSR count). The fourth-order valence-corrected chi connectivity index (χ4v) is 4.02. The molecule has 2 aromatic carbocycles. The predicted molar refractivity (Wildman–Crippen MR) is 114 cm³/mol. The van der Waals surface area contributed by atoms with Gasteiger partial charge < -0.3 is 10.2 Å². The molecule has 0 radical (unpaired) electrons. The number of anilines is 1. The number of carbonyl (C=O) groups excluding carboxylic acids is 2. The van der Waals surface area contributed by atoms with Crippen molar-refractivity contribution in [3.05, 3.63) is 65.2 Å². The van der Waals surface area contributed by atoms with Gasteiger partial charge in [-0.15, -0.1) is 0 Å². The molecule has 0 atom stereocenters. The van der Waals surface area contributed by atoms with E-state index in [1.165, 1.54) is 11.1 Å². The molecule has 2 fully saturated rings. The minimum atomic E-state index is -0.0580. The standard InChI is InChI=1S/C23H28N4O2/c1-18-3-2-4-20(15-18)17-25-11-13-26(14-12-25)22(28)16-19-5-7-21(8-6-19)27-10-9-24-23(27)29/h2-8,15H,9-14,16-17H2,1H3,(H,24,29). The van der Waals surface area contributed by atoms with Crippen LogP contribution in [0.5, 0.6) is 0 Å². The van der Waals surface area contributed by atoms with Crippen LogP contribution in [0.25, 0.3) is 0 Å². The molecule has 2 aliphatic rings. The normalized spacial score (nSPS) is 17.5. The van der Waals surface area contributed by atoms with Gasteiger partial charge in [-0.1, -0.05) is 42.0 Å². The summed E-state index contributed by atoms with van der Waals surface area (Å²) in [6.07, 6.45) is 0.407. The van der Waals surface area contributed by atoms with E-state index in [-0.39, 0.29) is 11.9 Å². The Morgan fingerprint density at radius 2 is 1.72 bits per heavy atom. The number of urea groups is 1. The first-order valence-electron chi connectivity index (χ1n) is 10.3. The molecule has 0 aliphatic carbocycles. The lowest BCUT2D eigenvalue weighted by atomic mass is 10.1. The highest BCUT2D eigenvalue weighted by Crippen LogP contribution is 2.18.